The maximum Gasteiger partial charge on any atom is 0.0946 e. The SMILES string of the molecule is N#CC(=CC1CCC2C3C1CCCC3C1C(C3CCCCC3)C3C4CCC(N(C5CCCCC5)C5CCCCC5)C5CCCC(C45)C3C(C3CCCCC3)C21)C1CCCCC1. The summed E-state index contributed by atoms with van der Waals surface area (Å²) in [4.78, 5) is 3.42. The van der Waals surface area contributed by atoms with Gasteiger partial charge < -0.3 is 0 Å². The molecule has 0 radical (unpaired) electrons. The first-order chi connectivity index (χ1) is 30.3. The van der Waals surface area contributed by atoms with Gasteiger partial charge in [0.1, 0.15) is 0 Å². The molecule has 2 heteroatoms. The molecule has 0 aliphatic heterocycles. The molecule has 2 nitrogen and oxygen atoms in total. The van der Waals surface area contributed by atoms with Gasteiger partial charge in [0.25, 0.3) is 0 Å². The predicted molar refractivity (Wildman–Crippen MR) is 251 cm³/mol. The van der Waals surface area contributed by atoms with Crippen molar-refractivity contribution in [3.8, 4) is 6.07 Å². The average Bonchev–Trinajstić information content (AvgIpc) is 3.84. The fourth-order valence-corrected chi connectivity index (χ4v) is 22.4. The Labute approximate surface area is 375 Å². The van der Waals surface area contributed by atoms with Crippen LogP contribution in [0.3, 0.4) is 0 Å². The van der Waals surface area contributed by atoms with Crippen LogP contribution in [0.15, 0.2) is 11.6 Å². The standard InChI is InChI=1S/C59H92N2/c60-37-42(38-18-6-1-7-19-38)36-41-32-33-49-54-45(41)28-16-30-47(54)56-52(39-20-8-2-9-21-39)59-50-34-35-51(61(43-24-12-4-13-25-43)44-26-14-5-15-27-44)46-29-17-31-48(55(46)50)57(59)53(58(49)56)40-22-10-3-11-23-40/h36,38-41,43-59H,1-35H2. The molecule has 0 saturated heterocycles. The van der Waals surface area contributed by atoms with Crippen LogP contribution in [0.1, 0.15) is 225 Å². The quantitative estimate of drug-likeness (QED) is 0.239. The van der Waals surface area contributed by atoms with Crippen LogP contribution < -0.4 is 0 Å². The highest BCUT2D eigenvalue weighted by Gasteiger charge is 2.71. The summed E-state index contributed by atoms with van der Waals surface area (Å²) in [5.74, 6) is 18.0. The van der Waals surface area contributed by atoms with Gasteiger partial charge in [0.15, 0.2) is 0 Å². The number of allylic oxidation sites excluding steroid dienone is 2. The topological polar surface area (TPSA) is 27.0 Å². The minimum absolute atomic E-state index is 0.576. The zero-order valence-electron chi connectivity index (χ0n) is 39.3. The van der Waals surface area contributed by atoms with E-state index in [2.05, 4.69) is 17.0 Å². The molecule has 0 N–H and O–H groups in total. The van der Waals surface area contributed by atoms with E-state index in [1.807, 2.05) is 0 Å². The van der Waals surface area contributed by atoms with E-state index in [-0.39, 0.29) is 0 Å². The smallest absolute Gasteiger partial charge is 0.0946 e. The molecule has 12 aliphatic rings. The molecule has 16 atom stereocenters. The molecule has 16 unspecified atom stereocenters. The molecule has 0 bridgehead atoms. The van der Waals surface area contributed by atoms with Crippen molar-refractivity contribution in [1.82, 2.24) is 4.90 Å². The first-order valence-corrected chi connectivity index (χ1v) is 29.2. The highest BCUT2D eigenvalue weighted by Crippen LogP contribution is 2.76. The molecule has 0 aromatic rings. The predicted octanol–water partition coefficient (Wildman–Crippen LogP) is 15.8. The van der Waals surface area contributed by atoms with Gasteiger partial charge in [-0.2, -0.15) is 5.26 Å². The molecule has 12 fully saturated rings. The Morgan fingerprint density at radius 3 is 1.26 bits per heavy atom. The molecule has 0 heterocycles. The van der Waals surface area contributed by atoms with Crippen molar-refractivity contribution in [1.29, 1.82) is 5.26 Å². The van der Waals surface area contributed by atoms with Crippen molar-refractivity contribution >= 4 is 0 Å². The maximum atomic E-state index is 10.7. The zero-order valence-corrected chi connectivity index (χ0v) is 39.3. The van der Waals surface area contributed by atoms with Crippen LogP contribution >= 0.6 is 0 Å². The van der Waals surface area contributed by atoms with Crippen LogP contribution in [0.2, 0.25) is 0 Å². The van der Waals surface area contributed by atoms with E-state index in [9.17, 15) is 5.26 Å². The molecular weight excluding hydrogens is 737 g/mol. The van der Waals surface area contributed by atoms with Gasteiger partial charge >= 0.3 is 0 Å². The Kier molecular flexibility index (Phi) is 12.4. The highest BCUT2D eigenvalue weighted by atomic mass is 15.2. The van der Waals surface area contributed by atoms with Gasteiger partial charge in [-0.1, -0.05) is 141 Å². The van der Waals surface area contributed by atoms with E-state index < -0.39 is 0 Å². The van der Waals surface area contributed by atoms with Crippen molar-refractivity contribution in [2.75, 3.05) is 0 Å². The second-order valence-corrected chi connectivity index (χ2v) is 25.7. The number of nitrogens with zero attached hydrogens (tertiary/aromatic N) is 2. The molecular formula is C59H92N2. The largest absolute Gasteiger partial charge is 0.294 e. The zero-order chi connectivity index (χ0) is 40.4. The van der Waals surface area contributed by atoms with Gasteiger partial charge in [0, 0.05) is 23.7 Å². The second kappa shape index (κ2) is 18.1. The molecule has 338 valence electrons. The summed E-state index contributed by atoms with van der Waals surface area (Å²) >= 11 is 0. The van der Waals surface area contributed by atoms with E-state index in [1.54, 1.807) is 89.9 Å². The first-order valence-electron chi connectivity index (χ1n) is 29.2. The lowest BCUT2D eigenvalue weighted by Gasteiger charge is -2.58. The first kappa shape index (κ1) is 41.6. The van der Waals surface area contributed by atoms with E-state index in [0.29, 0.717) is 11.8 Å². The van der Waals surface area contributed by atoms with E-state index in [0.717, 1.165) is 113 Å². The summed E-state index contributed by atoms with van der Waals surface area (Å²) in [7, 11) is 0. The average molecular weight is 829 g/mol. The molecule has 0 aromatic heterocycles. The number of fused-ring (bicyclic) bond motifs is 6. The van der Waals surface area contributed by atoms with Gasteiger partial charge in [-0.15, -0.1) is 0 Å². The summed E-state index contributed by atoms with van der Waals surface area (Å²) in [5, 5.41) is 10.7. The van der Waals surface area contributed by atoms with Crippen LogP contribution in [-0.2, 0) is 0 Å². The Balaban J connectivity index is 0.930. The third kappa shape index (κ3) is 7.27. The van der Waals surface area contributed by atoms with Crippen LogP contribution in [-0.4, -0.2) is 23.0 Å². The van der Waals surface area contributed by atoms with Crippen LogP contribution in [0.5, 0.6) is 0 Å². The third-order valence-electron chi connectivity index (χ3n) is 23.8. The molecule has 0 amide bonds. The van der Waals surface area contributed by atoms with Crippen molar-refractivity contribution in [2.24, 2.45) is 107 Å². The fourth-order valence-electron chi connectivity index (χ4n) is 22.4. The van der Waals surface area contributed by atoms with Gasteiger partial charge in [-0.25, -0.2) is 0 Å². The summed E-state index contributed by atoms with van der Waals surface area (Å²) < 4.78 is 0. The van der Waals surface area contributed by atoms with Crippen molar-refractivity contribution in [3.63, 3.8) is 0 Å². The van der Waals surface area contributed by atoms with Gasteiger partial charge in [0.2, 0.25) is 0 Å². The molecule has 12 saturated carbocycles. The van der Waals surface area contributed by atoms with Crippen molar-refractivity contribution < 1.29 is 0 Å². The normalized spacial score (nSPS) is 47.9. The summed E-state index contributed by atoms with van der Waals surface area (Å²) in [6, 6.07) is 5.64. The van der Waals surface area contributed by atoms with Crippen LogP contribution in [0, 0.1) is 118 Å². The number of hydrogen-bond acceptors (Lipinski definition) is 2. The number of nitriles is 1. The minimum Gasteiger partial charge on any atom is -0.294 e. The van der Waals surface area contributed by atoms with E-state index in [4.69, 9.17) is 0 Å². The molecule has 0 spiro atoms. The highest BCUT2D eigenvalue weighted by molar-refractivity contribution is 5.27. The summed E-state index contributed by atoms with van der Waals surface area (Å²) in [6.07, 6.45) is 55.7. The van der Waals surface area contributed by atoms with Crippen molar-refractivity contribution in [2.45, 2.75) is 243 Å². The lowest BCUT2D eigenvalue weighted by Crippen LogP contribution is -2.57. The minimum atomic E-state index is 0.576. The Hall–Kier alpha value is -0.810. The summed E-state index contributed by atoms with van der Waals surface area (Å²) in [6.45, 7) is 0. The van der Waals surface area contributed by atoms with Crippen molar-refractivity contribution in [3.05, 3.63) is 11.6 Å². The maximum absolute atomic E-state index is 10.7. The van der Waals surface area contributed by atoms with Crippen LogP contribution in [0.25, 0.3) is 0 Å². The Bertz CT molecular complexity index is 1480. The lowest BCUT2D eigenvalue weighted by molar-refractivity contribution is -0.102. The lowest BCUT2D eigenvalue weighted by atomic mass is 9.47. The molecule has 61 heavy (non-hydrogen) atoms. The van der Waals surface area contributed by atoms with Gasteiger partial charge in [0.05, 0.1) is 6.07 Å². The fraction of sp³-hybridized carbons (Fsp3) is 0.949. The third-order valence-corrected chi connectivity index (χ3v) is 23.8. The molecule has 12 rings (SSSR count). The second-order valence-electron chi connectivity index (χ2n) is 25.7. The van der Waals surface area contributed by atoms with E-state index >= 15 is 0 Å². The monoisotopic (exact) mass is 829 g/mol. The van der Waals surface area contributed by atoms with Crippen LogP contribution in [0.4, 0.5) is 0 Å². The molecule has 0 aromatic carbocycles. The van der Waals surface area contributed by atoms with Gasteiger partial charge in [-0.3, -0.25) is 4.90 Å². The molecule has 12 aliphatic carbocycles. The Morgan fingerprint density at radius 1 is 0.344 bits per heavy atom. The van der Waals surface area contributed by atoms with E-state index in [1.165, 1.54) is 140 Å². The Morgan fingerprint density at radius 2 is 0.754 bits per heavy atom. The number of hydrogen-bond donors (Lipinski definition) is 0. The van der Waals surface area contributed by atoms with Gasteiger partial charge in [-0.05, 0) is 196 Å². The summed E-state index contributed by atoms with van der Waals surface area (Å²) in [5.41, 5.74) is 1.24. The number of rotatable bonds is 7.